The van der Waals surface area contributed by atoms with E-state index in [0.29, 0.717) is 18.6 Å². The normalized spacial score (nSPS) is 30.0. The Morgan fingerprint density at radius 2 is 2.27 bits per heavy atom. The maximum atomic E-state index is 11.4. The van der Waals surface area contributed by atoms with Crippen molar-refractivity contribution in [3.05, 3.63) is 12.3 Å². The Bertz CT molecular complexity index is 308. The van der Waals surface area contributed by atoms with Crippen LogP contribution in [0.2, 0.25) is 0 Å². The van der Waals surface area contributed by atoms with Crippen LogP contribution in [0.15, 0.2) is 12.3 Å². The monoisotopic (exact) mass is 212 g/mol. The molecule has 84 valence electrons. The van der Waals surface area contributed by atoms with Gasteiger partial charge in [-0.25, -0.2) is 0 Å². The van der Waals surface area contributed by atoms with E-state index in [0.717, 1.165) is 0 Å². The molecule has 1 rings (SSSR count). The van der Waals surface area contributed by atoms with E-state index in [2.05, 4.69) is 6.58 Å². The molecule has 15 heavy (non-hydrogen) atoms. The first-order valence-corrected chi connectivity index (χ1v) is 4.94. The number of Topliss-reactive ketones (excluding diaryl/α,β-unsaturated/α-hetero) is 1. The molecule has 0 bridgehead atoms. The highest BCUT2D eigenvalue weighted by Gasteiger charge is 2.45. The number of aliphatic carboxylic acids is 1. The van der Waals surface area contributed by atoms with Crippen LogP contribution in [0.4, 0.5) is 0 Å². The van der Waals surface area contributed by atoms with E-state index in [9.17, 15) is 9.59 Å². The SMILES string of the molecule is C=C1CC(C(C)=O)C(C)(CCC(=O)O)O1. The molecule has 2 atom stereocenters. The first-order valence-electron chi connectivity index (χ1n) is 4.94. The molecule has 2 unspecified atom stereocenters. The minimum absolute atomic E-state index is 0.00750. The average Bonchev–Trinajstić information content (AvgIpc) is 2.39. The van der Waals surface area contributed by atoms with Crippen LogP contribution in [0.5, 0.6) is 0 Å². The number of carboxylic acids is 1. The molecule has 0 aliphatic carbocycles. The second-order valence-corrected chi connectivity index (χ2v) is 4.21. The second-order valence-electron chi connectivity index (χ2n) is 4.21. The van der Waals surface area contributed by atoms with Crippen molar-refractivity contribution in [2.24, 2.45) is 5.92 Å². The van der Waals surface area contributed by atoms with Gasteiger partial charge in [0, 0.05) is 12.8 Å². The Hall–Kier alpha value is -1.32. The lowest BCUT2D eigenvalue weighted by Gasteiger charge is -2.28. The largest absolute Gasteiger partial charge is 0.492 e. The van der Waals surface area contributed by atoms with Gasteiger partial charge in [-0.15, -0.1) is 0 Å². The molecule has 1 fully saturated rings. The molecule has 1 saturated heterocycles. The van der Waals surface area contributed by atoms with Gasteiger partial charge in [0.05, 0.1) is 11.7 Å². The summed E-state index contributed by atoms with van der Waals surface area (Å²) in [6.07, 6.45) is 0.852. The van der Waals surface area contributed by atoms with E-state index in [4.69, 9.17) is 9.84 Å². The van der Waals surface area contributed by atoms with E-state index in [1.165, 1.54) is 6.92 Å². The lowest BCUT2D eigenvalue weighted by molar-refractivity contribution is -0.139. The van der Waals surface area contributed by atoms with Gasteiger partial charge in [-0.05, 0) is 20.3 Å². The first kappa shape index (κ1) is 11.8. The number of allylic oxidation sites excluding steroid dienone is 1. The molecule has 4 heteroatoms. The maximum Gasteiger partial charge on any atom is 0.303 e. The van der Waals surface area contributed by atoms with Crippen LogP contribution in [0, 0.1) is 5.92 Å². The third-order valence-corrected chi connectivity index (χ3v) is 2.87. The van der Waals surface area contributed by atoms with Crippen LogP contribution in [0.1, 0.15) is 33.1 Å². The average molecular weight is 212 g/mol. The number of ketones is 1. The number of carbonyl (C=O) groups excluding carboxylic acids is 1. The van der Waals surface area contributed by atoms with E-state index in [-0.39, 0.29) is 18.1 Å². The lowest BCUT2D eigenvalue weighted by atomic mass is 9.82. The van der Waals surface area contributed by atoms with Gasteiger partial charge in [-0.1, -0.05) is 6.58 Å². The Kier molecular flexibility index (Phi) is 3.17. The Morgan fingerprint density at radius 1 is 1.67 bits per heavy atom. The number of hydrogen-bond acceptors (Lipinski definition) is 3. The van der Waals surface area contributed by atoms with Crippen molar-refractivity contribution in [1.29, 1.82) is 0 Å². The summed E-state index contributed by atoms with van der Waals surface area (Å²) in [4.78, 5) is 21.9. The fraction of sp³-hybridized carbons (Fsp3) is 0.636. The van der Waals surface area contributed by atoms with Crippen molar-refractivity contribution >= 4 is 11.8 Å². The quantitative estimate of drug-likeness (QED) is 0.771. The van der Waals surface area contributed by atoms with Crippen LogP contribution in [-0.4, -0.2) is 22.5 Å². The molecule has 0 aromatic rings. The molecule has 1 N–H and O–H groups in total. The fourth-order valence-electron chi connectivity index (χ4n) is 2.04. The number of hydrogen-bond donors (Lipinski definition) is 1. The molecule has 0 radical (unpaired) electrons. The minimum atomic E-state index is -0.875. The molecule has 1 heterocycles. The van der Waals surface area contributed by atoms with Crippen LogP contribution in [-0.2, 0) is 14.3 Å². The Balaban J connectivity index is 2.75. The number of carbonyl (C=O) groups is 2. The smallest absolute Gasteiger partial charge is 0.303 e. The number of ether oxygens (including phenoxy) is 1. The van der Waals surface area contributed by atoms with E-state index >= 15 is 0 Å². The standard InChI is InChI=1S/C11H16O4/c1-7-6-9(8(2)12)11(3,15-7)5-4-10(13)14/h9H,1,4-6H2,2-3H3,(H,13,14). The van der Waals surface area contributed by atoms with Gasteiger partial charge < -0.3 is 9.84 Å². The summed E-state index contributed by atoms with van der Waals surface area (Å²) in [5.74, 6) is -0.534. The Labute approximate surface area is 88.9 Å². The molecule has 1 aliphatic heterocycles. The molecular formula is C11H16O4. The van der Waals surface area contributed by atoms with Gasteiger partial charge in [0.15, 0.2) is 0 Å². The van der Waals surface area contributed by atoms with Gasteiger partial charge in [-0.3, -0.25) is 9.59 Å². The number of rotatable bonds is 4. The van der Waals surface area contributed by atoms with Crippen molar-refractivity contribution in [1.82, 2.24) is 0 Å². The van der Waals surface area contributed by atoms with Gasteiger partial charge in [-0.2, -0.15) is 0 Å². The fourth-order valence-corrected chi connectivity index (χ4v) is 2.04. The van der Waals surface area contributed by atoms with Gasteiger partial charge in [0.25, 0.3) is 0 Å². The third-order valence-electron chi connectivity index (χ3n) is 2.87. The molecule has 0 aromatic heterocycles. The maximum absolute atomic E-state index is 11.4. The van der Waals surface area contributed by atoms with Crippen molar-refractivity contribution in [2.45, 2.75) is 38.7 Å². The van der Waals surface area contributed by atoms with E-state index < -0.39 is 11.6 Å². The summed E-state index contributed by atoms with van der Waals surface area (Å²) in [6.45, 7) is 6.97. The molecule has 4 nitrogen and oxygen atoms in total. The molecule has 1 aliphatic rings. The van der Waals surface area contributed by atoms with Gasteiger partial charge in [0.2, 0.25) is 0 Å². The molecule has 0 aromatic carbocycles. The molecule has 0 saturated carbocycles. The van der Waals surface area contributed by atoms with Crippen LogP contribution >= 0.6 is 0 Å². The van der Waals surface area contributed by atoms with Crippen molar-refractivity contribution < 1.29 is 19.4 Å². The van der Waals surface area contributed by atoms with Gasteiger partial charge >= 0.3 is 5.97 Å². The third kappa shape index (κ3) is 2.58. The van der Waals surface area contributed by atoms with E-state index in [1.807, 2.05) is 0 Å². The Morgan fingerprint density at radius 3 is 2.73 bits per heavy atom. The molecular weight excluding hydrogens is 196 g/mol. The van der Waals surface area contributed by atoms with Crippen LogP contribution < -0.4 is 0 Å². The predicted molar refractivity (Wildman–Crippen MR) is 54.3 cm³/mol. The van der Waals surface area contributed by atoms with Gasteiger partial charge in [0.1, 0.15) is 11.4 Å². The molecule has 0 spiro atoms. The van der Waals surface area contributed by atoms with Crippen molar-refractivity contribution in [2.75, 3.05) is 0 Å². The van der Waals surface area contributed by atoms with Crippen molar-refractivity contribution in [3.8, 4) is 0 Å². The predicted octanol–water partition coefficient (Wildman–Crippen LogP) is 1.75. The van der Waals surface area contributed by atoms with E-state index in [1.54, 1.807) is 6.92 Å². The van der Waals surface area contributed by atoms with Crippen molar-refractivity contribution in [3.63, 3.8) is 0 Å². The minimum Gasteiger partial charge on any atom is -0.492 e. The summed E-state index contributed by atoms with van der Waals surface area (Å²) < 4.78 is 5.49. The highest BCUT2D eigenvalue weighted by atomic mass is 16.5. The highest BCUT2D eigenvalue weighted by Crippen LogP contribution is 2.41. The lowest BCUT2D eigenvalue weighted by Crippen LogP contribution is -2.36. The topological polar surface area (TPSA) is 63.6 Å². The summed E-state index contributed by atoms with van der Waals surface area (Å²) in [6, 6.07) is 0. The number of carboxylic acid groups (broad SMARTS) is 1. The molecule has 0 amide bonds. The summed E-state index contributed by atoms with van der Waals surface area (Å²) in [5, 5.41) is 8.62. The summed E-state index contributed by atoms with van der Waals surface area (Å²) in [5.41, 5.74) is -0.693. The van der Waals surface area contributed by atoms with Crippen LogP contribution in [0.25, 0.3) is 0 Å². The highest BCUT2D eigenvalue weighted by molar-refractivity contribution is 5.80. The summed E-state index contributed by atoms with van der Waals surface area (Å²) >= 11 is 0. The second kappa shape index (κ2) is 4.04. The summed E-state index contributed by atoms with van der Waals surface area (Å²) in [7, 11) is 0. The first-order chi connectivity index (χ1) is 6.85. The van der Waals surface area contributed by atoms with Crippen LogP contribution in [0.3, 0.4) is 0 Å². The zero-order valence-corrected chi connectivity index (χ0v) is 9.08. The zero-order chi connectivity index (χ0) is 11.6. The zero-order valence-electron chi connectivity index (χ0n) is 9.08.